The third-order valence-electron chi connectivity index (χ3n) is 5.88. The minimum Gasteiger partial charge on any atom is -0.489 e. The van der Waals surface area contributed by atoms with Crippen molar-refractivity contribution in [3.8, 4) is 28.0 Å². The number of rotatable bonds is 7. The SMILES string of the molecule is C=Cc1ccc(-c2ccc(-c3ccc(OCc4ccc(C5CO5)cc4F)cc3)c(F)c2F)cc1. The van der Waals surface area contributed by atoms with Gasteiger partial charge in [0.25, 0.3) is 0 Å². The van der Waals surface area contributed by atoms with Crippen molar-refractivity contribution in [2.45, 2.75) is 12.7 Å². The Kier molecular flexibility index (Phi) is 5.95. The van der Waals surface area contributed by atoms with Gasteiger partial charge in [-0.15, -0.1) is 0 Å². The first kappa shape index (κ1) is 22.0. The molecule has 1 aliphatic rings. The van der Waals surface area contributed by atoms with Crippen LogP contribution >= 0.6 is 0 Å². The van der Waals surface area contributed by atoms with Crippen molar-refractivity contribution in [2.24, 2.45) is 0 Å². The summed E-state index contributed by atoms with van der Waals surface area (Å²) in [6.07, 6.45) is 1.68. The van der Waals surface area contributed by atoms with E-state index in [1.807, 2.05) is 6.07 Å². The molecule has 0 radical (unpaired) electrons. The third-order valence-corrected chi connectivity index (χ3v) is 5.88. The van der Waals surface area contributed by atoms with Gasteiger partial charge in [0.05, 0.1) is 6.61 Å². The lowest BCUT2D eigenvalue weighted by molar-refractivity contribution is 0.299. The molecule has 1 fully saturated rings. The Morgan fingerprint density at radius 3 is 1.94 bits per heavy atom. The molecule has 0 aromatic heterocycles. The Bertz CT molecular complexity index is 1340. The largest absolute Gasteiger partial charge is 0.489 e. The third kappa shape index (κ3) is 4.47. The van der Waals surface area contributed by atoms with Crippen LogP contribution in [0.25, 0.3) is 28.3 Å². The number of hydrogen-bond acceptors (Lipinski definition) is 2. The Balaban J connectivity index is 1.31. The minimum absolute atomic E-state index is 0.00545. The van der Waals surface area contributed by atoms with Gasteiger partial charge in [0, 0.05) is 16.7 Å². The molecule has 5 heteroatoms. The smallest absolute Gasteiger partial charge is 0.167 e. The van der Waals surface area contributed by atoms with Crippen LogP contribution in [0.4, 0.5) is 13.2 Å². The second kappa shape index (κ2) is 9.20. The average Bonchev–Trinajstić information content (AvgIpc) is 3.71. The lowest BCUT2D eigenvalue weighted by atomic mass is 9.98. The molecule has 0 bridgehead atoms. The van der Waals surface area contributed by atoms with E-state index >= 15 is 0 Å². The van der Waals surface area contributed by atoms with Gasteiger partial charge in [-0.2, -0.15) is 0 Å². The van der Waals surface area contributed by atoms with Gasteiger partial charge in [0.15, 0.2) is 11.6 Å². The first-order valence-corrected chi connectivity index (χ1v) is 10.9. The van der Waals surface area contributed by atoms with Crippen LogP contribution in [0, 0.1) is 17.5 Å². The second-order valence-corrected chi connectivity index (χ2v) is 8.10. The van der Waals surface area contributed by atoms with Crippen molar-refractivity contribution < 1.29 is 22.6 Å². The fraction of sp³-hybridized carbons (Fsp3) is 0.103. The summed E-state index contributed by atoms with van der Waals surface area (Å²) in [6.45, 7) is 4.37. The molecule has 4 aromatic carbocycles. The van der Waals surface area contributed by atoms with Crippen LogP contribution in [-0.2, 0) is 11.3 Å². The number of hydrogen-bond donors (Lipinski definition) is 0. The molecule has 34 heavy (non-hydrogen) atoms. The standard InChI is InChI=1S/C29H21F3O2/c1-2-18-3-5-19(6-4-18)24-13-14-25(29(32)28(24)31)20-9-11-23(12-10-20)33-16-22-8-7-21(15-26(22)30)27-17-34-27/h2-15,27H,1,16-17H2. The number of epoxide rings is 1. The van der Waals surface area contributed by atoms with E-state index in [-0.39, 0.29) is 29.7 Å². The van der Waals surface area contributed by atoms with Crippen LogP contribution in [0.2, 0.25) is 0 Å². The zero-order chi connectivity index (χ0) is 23.7. The fourth-order valence-corrected chi connectivity index (χ4v) is 3.81. The first-order chi connectivity index (χ1) is 16.5. The molecule has 5 rings (SSSR count). The predicted molar refractivity (Wildman–Crippen MR) is 127 cm³/mol. The van der Waals surface area contributed by atoms with Crippen LogP contribution in [0.5, 0.6) is 5.75 Å². The van der Waals surface area contributed by atoms with Crippen LogP contribution in [0.3, 0.4) is 0 Å². The summed E-state index contributed by atoms with van der Waals surface area (Å²) < 4.78 is 54.9. The van der Waals surface area contributed by atoms with Crippen molar-refractivity contribution in [1.29, 1.82) is 0 Å². The maximum atomic E-state index is 14.9. The van der Waals surface area contributed by atoms with Gasteiger partial charge >= 0.3 is 0 Å². The van der Waals surface area contributed by atoms with Gasteiger partial charge in [0.2, 0.25) is 0 Å². The van der Waals surface area contributed by atoms with Crippen LogP contribution in [0.15, 0.2) is 85.4 Å². The molecule has 170 valence electrons. The van der Waals surface area contributed by atoms with E-state index < -0.39 is 11.6 Å². The zero-order valence-electron chi connectivity index (χ0n) is 18.2. The Morgan fingerprint density at radius 2 is 1.41 bits per heavy atom. The molecule has 1 heterocycles. The van der Waals surface area contributed by atoms with E-state index in [9.17, 15) is 13.2 Å². The molecule has 1 unspecified atom stereocenters. The molecule has 4 aromatic rings. The predicted octanol–water partition coefficient (Wildman–Crippen LogP) is 7.73. The molecule has 1 aliphatic heterocycles. The molecule has 1 atom stereocenters. The molecule has 0 aliphatic carbocycles. The summed E-state index contributed by atoms with van der Waals surface area (Å²) in [5, 5.41) is 0. The molecule has 0 saturated carbocycles. The lowest BCUT2D eigenvalue weighted by Crippen LogP contribution is -1.99. The van der Waals surface area contributed by atoms with Gasteiger partial charge in [-0.05, 0) is 40.5 Å². The molecular weight excluding hydrogens is 437 g/mol. The van der Waals surface area contributed by atoms with Gasteiger partial charge in [0.1, 0.15) is 24.3 Å². The van der Waals surface area contributed by atoms with Crippen molar-refractivity contribution in [1.82, 2.24) is 0 Å². The topological polar surface area (TPSA) is 21.8 Å². The highest BCUT2D eigenvalue weighted by molar-refractivity contribution is 5.72. The minimum atomic E-state index is -0.916. The molecule has 0 N–H and O–H groups in total. The fourth-order valence-electron chi connectivity index (χ4n) is 3.81. The van der Waals surface area contributed by atoms with E-state index in [1.165, 1.54) is 6.07 Å². The highest BCUT2D eigenvalue weighted by Gasteiger charge is 2.25. The highest BCUT2D eigenvalue weighted by atomic mass is 19.2. The van der Waals surface area contributed by atoms with Crippen LogP contribution in [0.1, 0.15) is 22.8 Å². The first-order valence-electron chi connectivity index (χ1n) is 10.9. The van der Waals surface area contributed by atoms with E-state index in [4.69, 9.17) is 9.47 Å². The van der Waals surface area contributed by atoms with Gasteiger partial charge in [-0.25, -0.2) is 13.2 Å². The Morgan fingerprint density at radius 1 is 0.824 bits per heavy atom. The van der Waals surface area contributed by atoms with Crippen LogP contribution < -0.4 is 4.74 Å². The van der Waals surface area contributed by atoms with E-state index in [2.05, 4.69) is 6.58 Å². The van der Waals surface area contributed by atoms with Gasteiger partial charge < -0.3 is 9.47 Å². The lowest BCUT2D eigenvalue weighted by Gasteiger charge is -2.11. The summed E-state index contributed by atoms with van der Waals surface area (Å²) >= 11 is 0. The summed E-state index contributed by atoms with van der Waals surface area (Å²) in [5.74, 6) is -1.67. The zero-order valence-corrected chi connectivity index (χ0v) is 18.2. The normalized spacial score (nSPS) is 14.6. The van der Waals surface area contributed by atoms with Crippen molar-refractivity contribution in [2.75, 3.05) is 6.61 Å². The summed E-state index contributed by atoms with van der Waals surface area (Å²) in [5.41, 5.74) is 3.59. The number of benzene rings is 4. The van der Waals surface area contributed by atoms with E-state index in [1.54, 1.807) is 72.8 Å². The molecular formula is C29H21F3O2. The molecule has 0 amide bonds. The highest BCUT2D eigenvalue weighted by Crippen LogP contribution is 2.33. The van der Waals surface area contributed by atoms with Crippen molar-refractivity contribution >= 4 is 6.08 Å². The number of ether oxygens (including phenoxy) is 2. The monoisotopic (exact) mass is 458 g/mol. The molecule has 0 spiro atoms. The molecule has 2 nitrogen and oxygen atoms in total. The van der Waals surface area contributed by atoms with Crippen LogP contribution in [-0.4, -0.2) is 6.61 Å². The summed E-state index contributed by atoms with van der Waals surface area (Å²) in [6, 6.07) is 21.8. The summed E-state index contributed by atoms with van der Waals surface area (Å²) in [4.78, 5) is 0. The van der Waals surface area contributed by atoms with Gasteiger partial charge in [-0.3, -0.25) is 0 Å². The van der Waals surface area contributed by atoms with E-state index in [0.717, 1.165) is 11.1 Å². The second-order valence-electron chi connectivity index (χ2n) is 8.10. The Labute approximate surface area is 195 Å². The number of halogens is 3. The van der Waals surface area contributed by atoms with Crippen molar-refractivity contribution in [3.05, 3.63) is 120 Å². The van der Waals surface area contributed by atoms with Gasteiger partial charge in [-0.1, -0.05) is 73.3 Å². The van der Waals surface area contributed by atoms with Crippen molar-refractivity contribution in [3.63, 3.8) is 0 Å². The Hall–Kier alpha value is -3.83. The summed E-state index contributed by atoms with van der Waals surface area (Å²) in [7, 11) is 0. The quantitative estimate of drug-likeness (QED) is 0.264. The maximum absolute atomic E-state index is 14.9. The molecule has 1 saturated heterocycles. The van der Waals surface area contributed by atoms with E-state index in [0.29, 0.717) is 29.0 Å². The maximum Gasteiger partial charge on any atom is 0.167 e. The average molecular weight is 458 g/mol.